The van der Waals surface area contributed by atoms with E-state index in [1.165, 1.54) is 65.2 Å². The second-order valence-electron chi connectivity index (χ2n) is 4.95. The van der Waals surface area contributed by atoms with Crippen LogP contribution in [0.1, 0.15) is 19.8 Å². The van der Waals surface area contributed by atoms with Crippen LogP contribution in [-0.2, 0) is 0 Å². The molecule has 0 spiro atoms. The summed E-state index contributed by atoms with van der Waals surface area (Å²) in [6.07, 6.45) is 2.74. The SMILES string of the molecule is CCN1CCC(CN2CCCNCC2)C1. The van der Waals surface area contributed by atoms with E-state index in [1.54, 1.807) is 0 Å². The minimum Gasteiger partial charge on any atom is -0.315 e. The second-order valence-corrected chi connectivity index (χ2v) is 4.95. The van der Waals surface area contributed by atoms with Crippen LogP contribution in [0.5, 0.6) is 0 Å². The van der Waals surface area contributed by atoms with E-state index in [-0.39, 0.29) is 0 Å². The van der Waals surface area contributed by atoms with E-state index < -0.39 is 0 Å². The van der Waals surface area contributed by atoms with Gasteiger partial charge in [0.1, 0.15) is 0 Å². The van der Waals surface area contributed by atoms with E-state index >= 15 is 0 Å². The van der Waals surface area contributed by atoms with Crippen molar-refractivity contribution in [1.29, 1.82) is 0 Å². The molecular formula is C12H25N3. The zero-order chi connectivity index (χ0) is 10.5. The predicted octanol–water partition coefficient (Wildman–Crippen LogP) is 0.624. The Morgan fingerprint density at radius 2 is 2.07 bits per heavy atom. The van der Waals surface area contributed by atoms with Gasteiger partial charge in [0.05, 0.1) is 0 Å². The summed E-state index contributed by atoms with van der Waals surface area (Å²) in [6.45, 7) is 12.5. The number of hydrogen-bond donors (Lipinski definition) is 1. The molecule has 2 saturated heterocycles. The Kier molecular flexibility index (Phi) is 4.42. The molecule has 0 radical (unpaired) electrons. The van der Waals surface area contributed by atoms with Crippen molar-refractivity contribution >= 4 is 0 Å². The van der Waals surface area contributed by atoms with E-state index in [1.807, 2.05) is 0 Å². The first kappa shape index (κ1) is 11.4. The van der Waals surface area contributed by atoms with Crippen LogP contribution in [0.2, 0.25) is 0 Å². The Labute approximate surface area is 93.8 Å². The lowest BCUT2D eigenvalue weighted by atomic mass is 10.1. The van der Waals surface area contributed by atoms with Gasteiger partial charge in [0.2, 0.25) is 0 Å². The van der Waals surface area contributed by atoms with Gasteiger partial charge in [-0.3, -0.25) is 0 Å². The number of rotatable bonds is 3. The normalized spacial score (nSPS) is 30.6. The van der Waals surface area contributed by atoms with Crippen molar-refractivity contribution in [2.45, 2.75) is 19.8 Å². The summed E-state index contributed by atoms with van der Waals surface area (Å²) in [5.41, 5.74) is 0. The van der Waals surface area contributed by atoms with Crippen LogP contribution >= 0.6 is 0 Å². The maximum absolute atomic E-state index is 3.47. The Bertz CT molecular complexity index is 176. The van der Waals surface area contributed by atoms with Gasteiger partial charge in [-0.05, 0) is 44.9 Å². The lowest BCUT2D eigenvalue weighted by molar-refractivity contribution is 0.239. The van der Waals surface area contributed by atoms with Gasteiger partial charge in [0, 0.05) is 26.2 Å². The maximum Gasteiger partial charge on any atom is 0.0107 e. The topological polar surface area (TPSA) is 18.5 Å². The zero-order valence-electron chi connectivity index (χ0n) is 10.0. The summed E-state index contributed by atoms with van der Waals surface area (Å²) in [7, 11) is 0. The number of hydrogen-bond acceptors (Lipinski definition) is 3. The zero-order valence-corrected chi connectivity index (χ0v) is 10.0. The molecule has 1 atom stereocenters. The van der Waals surface area contributed by atoms with Crippen LogP contribution in [0.3, 0.4) is 0 Å². The minimum absolute atomic E-state index is 0.933. The third kappa shape index (κ3) is 3.44. The third-order valence-corrected chi connectivity index (χ3v) is 3.77. The van der Waals surface area contributed by atoms with Gasteiger partial charge in [0.15, 0.2) is 0 Å². The van der Waals surface area contributed by atoms with Gasteiger partial charge in [-0.2, -0.15) is 0 Å². The Balaban J connectivity index is 1.71. The van der Waals surface area contributed by atoms with Crippen molar-refractivity contribution in [1.82, 2.24) is 15.1 Å². The second kappa shape index (κ2) is 5.83. The van der Waals surface area contributed by atoms with Crippen LogP contribution in [0.15, 0.2) is 0 Å². The first-order valence-corrected chi connectivity index (χ1v) is 6.54. The van der Waals surface area contributed by atoms with Crippen molar-refractivity contribution in [2.75, 3.05) is 52.4 Å². The molecule has 2 fully saturated rings. The molecule has 0 bridgehead atoms. The Morgan fingerprint density at radius 1 is 1.13 bits per heavy atom. The highest BCUT2D eigenvalue weighted by molar-refractivity contribution is 4.78. The summed E-state index contributed by atoms with van der Waals surface area (Å²) in [5, 5.41) is 3.47. The quantitative estimate of drug-likeness (QED) is 0.738. The molecule has 3 heteroatoms. The molecule has 2 rings (SSSR count). The molecule has 0 aromatic rings. The molecule has 2 aliphatic heterocycles. The molecule has 1 N–H and O–H groups in total. The highest BCUT2D eigenvalue weighted by Crippen LogP contribution is 2.17. The standard InChI is InChI=1S/C12H25N3/c1-2-14-8-4-12(10-14)11-15-7-3-5-13-6-9-15/h12-13H,2-11H2,1H3. The van der Waals surface area contributed by atoms with Crippen molar-refractivity contribution in [2.24, 2.45) is 5.92 Å². The van der Waals surface area contributed by atoms with Gasteiger partial charge in [-0.25, -0.2) is 0 Å². The smallest absolute Gasteiger partial charge is 0.0107 e. The number of likely N-dealkylation sites (tertiary alicyclic amines) is 1. The summed E-state index contributed by atoms with van der Waals surface area (Å²) < 4.78 is 0. The fraction of sp³-hybridized carbons (Fsp3) is 1.00. The van der Waals surface area contributed by atoms with Gasteiger partial charge in [0.25, 0.3) is 0 Å². The Hall–Kier alpha value is -0.120. The van der Waals surface area contributed by atoms with Gasteiger partial charge < -0.3 is 15.1 Å². The summed E-state index contributed by atoms with van der Waals surface area (Å²) in [6, 6.07) is 0. The molecule has 2 heterocycles. The lowest BCUT2D eigenvalue weighted by Gasteiger charge is -2.23. The number of nitrogens with one attached hydrogen (secondary N) is 1. The molecule has 0 aromatic heterocycles. The molecule has 0 saturated carbocycles. The van der Waals surface area contributed by atoms with Gasteiger partial charge >= 0.3 is 0 Å². The molecule has 15 heavy (non-hydrogen) atoms. The Morgan fingerprint density at radius 3 is 2.87 bits per heavy atom. The van der Waals surface area contributed by atoms with Crippen molar-refractivity contribution in [3.05, 3.63) is 0 Å². The van der Waals surface area contributed by atoms with Crippen LogP contribution < -0.4 is 5.32 Å². The highest BCUT2D eigenvalue weighted by atomic mass is 15.2. The van der Waals surface area contributed by atoms with E-state index in [2.05, 4.69) is 22.0 Å². The molecule has 0 aromatic carbocycles. The molecule has 0 aliphatic carbocycles. The van der Waals surface area contributed by atoms with Crippen molar-refractivity contribution < 1.29 is 0 Å². The van der Waals surface area contributed by atoms with Crippen molar-refractivity contribution in [3.63, 3.8) is 0 Å². The van der Waals surface area contributed by atoms with E-state index in [0.717, 1.165) is 5.92 Å². The number of nitrogens with zero attached hydrogens (tertiary/aromatic N) is 2. The minimum atomic E-state index is 0.933. The largest absolute Gasteiger partial charge is 0.315 e. The first-order chi connectivity index (χ1) is 7.38. The first-order valence-electron chi connectivity index (χ1n) is 6.54. The van der Waals surface area contributed by atoms with E-state index in [9.17, 15) is 0 Å². The molecule has 1 unspecified atom stereocenters. The highest BCUT2D eigenvalue weighted by Gasteiger charge is 2.23. The van der Waals surface area contributed by atoms with E-state index in [0.29, 0.717) is 0 Å². The average molecular weight is 211 g/mol. The van der Waals surface area contributed by atoms with Crippen molar-refractivity contribution in [3.8, 4) is 0 Å². The monoisotopic (exact) mass is 211 g/mol. The van der Waals surface area contributed by atoms with Gasteiger partial charge in [-0.15, -0.1) is 0 Å². The third-order valence-electron chi connectivity index (χ3n) is 3.77. The molecule has 88 valence electrons. The molecular weight excluding hydrogens is 186 g/mol. The summed E-state index contributed by atoms with van der Waals surface area (Å²) >= 11 is 0. The summed E-state index contributed by atoms with van der Waals surface area (Å²) in [5.74, 6) is 0.933. The van der Waals surface area contributed by atoms with E-state index in [4.69, 9.17) is 0 Å². The fourth-order valence-corrected chi connectivity index (χ4v) is 2.80. The maximum atomic E-state index is 3.47. The lowest BCUT2D eigenvalue weighted by Crippen LogP contribution is -2.34. The van der Waals surface area contributed by atoms with Crippen LogP contribution in [-0.4, -0.2) is 62.2 Å². The van der Waals surface area contributed by atoms with Gasteiger partial charge in [-0.1, -0.05) is 6.92 Å². The molecule has 2 aliphatic rings. The van der Waals surface area contributed by atoms with Crippen LogP contribution in [0.4, 0.5) is 0 Å². The van der Waals surface area contributed by atoms with Crippen LogP contribution in [0.25, 0.3) is 0 Å². The van der Waals surface area contributed by atoms with Crippen LogP contribution in [0, 0.1) is 5.92 Å². The fourth-order valence-electron chi connectivity index (χ4n) is 2.80. The molecule has 3 nitrogen and oxygen atoms in total. The average Bonchev–Trinajstić information content (AvgIpc) is 2.54. The predicted molar refractivity (Wildman–Crippen MR) is 64.1 cm³/mol. The molecule has 0 amide bonds. The summed E-state index contributed by atoms with van der Waals surface area (Å²) in [4.78, 5) is 5.24.